The number of amides is 1. The monoisotopic (exact) mass is 512 g/mol. The first-order chi connectivity index (χ1) is 15.0. The summed E-state index contributed by atoms with van der Waals surface area (Å²) in [6, 6.07) is 15.5. The summed E-state index contributed by atoms with van der Waals surface area (Å²) in [5, 5.41) is 18.8. The normalized spacial score (nSPS) is 11.5. The zero-order chi connectivity index (χ0) is 21.8. The molecule has 154 valence electrons. The van der Waals surface area contributed by atoms with Gasteiger partial charge in [0.25, 0.3) is 11.6 Å². The third-order valence-electron chi connectivity index (χ3n) is 4.10. The van der Waals surface area contributed by atoms with E-state index in [1.54, 1.807) is 24.4 Å². The van der Waals surface area contributed by atoms with E-state index in [9.17, 15) is 14.9 Å². The Morgan fingerprint density at radius 3 is 2.71 bits per heavy atom. The third kappa shape index (κ3) is 5.10. The van der Waals surface area contributed by atoms with Crippen molar-refractivity contribution in [3.05, 3.63) is 91.1 Å². The fraction of sp³-hybridized carbons (Fsp3) is 0. The Hall–Kier alpha value is -3.21. The van der Waals surface area contributed by atoms with Crippen LogP contribution in [0.25, 0.3) is 16.3 Å². The fourth-order valence-corrected chi connectivity index (χ4v) is 4.66. The van der Waals surface area contributed by atoms with E-state index in [-0.39, 0.29) is 11.6 Å². The second-order valence-corrected chi connectivity index (χ2v) is 9.10. The molecular weight excluding hydrogens is 500 g/mol. The summed E-state index contributed by atoms with van der Waals surface area (Å²) in [4.78, 5) is 28.7. The highest BCUT2D eigenvalue weighted by atomic mass is 79.9. The van der Waals surface area contributed by atoms with Gasteiger partial charge in [-0.1, -0.05) is 33.3 Å². The Kier molecular flexibility index (Phi) is 6.31. The second kappa shape index (κ2) is 9.29. The van der Waals surface area contributed by atoms with E-state index >= 15 is 0 Å². The number of nitro groups is 1. The van der Waals surface area contributed by atoms with Crippen LogP contribution in [0.4, 0.5) is 10.8 Å². The van der Waals surface area contributed by atoms with Gasteiger partial charge in [-0.05, 0) is 53.4 Å². The molecule has 0 saturated heterocycles. The number of halogens is 1. The lowest BCUT2D eigenvalue weighted by atomic mass is 10.2. The SMILES string of the molecule is O=C(/C=C/c1ccc([N+](=O)[O-])cc1)N(/N=C/c1cccs1)c1nc2ccc(Br)cc2s1. The first-order valence-electron chi connectivity index (χ1n) is 8.90. The van der Waals surface area contributed by atoms with Gasteiger partial charge in [-0.15, -0.1) is 11.3 Å². The number of carbonyl (C=O) groups excluding carboxylic acids is 1. The van der Waals surface area contributed by atoms with Crippen molar-refractivity contribution in [2.24, 2.45) is 5.10 Å². The highest BCUT2D eigenvalue weighted by Gasteiger charge is 2.17. The number of hydrazone groups is 1. The molecule has 10 heteroatoms. The fourth-order valence-electron chi connectivity index (χ4n) is 2.60. The molecule has 0 saturated carbocycles. The number of hydrogen-bond donors (Lipinski definition) is 0. The third-order valence-corrected chi connectivity index (χ3v) is 6.39. The van der Waals surface area contributed by atoms with Crippen molar-refractivity contribution in [3.8, 4) is 0 Å². The number of anilines is 1. The van der Waals surface area contributed by atoms with Gasteiger partial charge < -0.3 is 0 Å². The molecule has 0 fully saturated rings. The molecule has 31 heavy (non-hydrogen) atoms. The molecule has 0 aliphatic carbocycles. The molecule has 2 aromatic carbocycles. The Bertz CT molecular complexity index is 1300. The van der Waals surface area contributed by atoms with Crippen molar-refractivity contribution in [2.75, 3.05) is 5.01 Å². The molecule has 2 aromatic heterocycles. The Morgan fingerprint density at radius 2 is 2.00 bits per heavy atom. The first kappa shape index (κ1) is 21.0. The van der Waals surface area contributed by atoms with Gasteiger partial charge in [0, 0.05) is 27.6 Å². The van der Waals surface area contributed by atoms with E-state index in [1.165, 1.54) is 45.9 Å². The molecule has 0 radical (unpaired) electrons. The Labute approximate surface area is 193 Å². The van der Waals surface area contributed by atoms with Gasteiger partial charge >= 0.3 is 0 Å². The van der Waals surface area contributed by atoms with Crippen LogP contribution in [0.2, 0.25) is 0 Å². The summed E-state index contributed by atoms with van der Waals surface area (Å²) in [5.41, 5.74) is 1.42. The van der Waals surface area contributed by atoms with E-state index in [1.807, 2.05) is 35.7 Å². The van der Waals surface area contributed by atoms with Crippen LogP contribution in [0.15, 0.2) is 75.6 Å². The zero-order valence-corrected chi connectivity index (χ0v) is 18.9. The molecule has 0 unspecified atom stereocenters. The minimum Gasteiger partial charge on any atom is -0.267 e. The number of nitro benzene ring substituents is 1. The van der Waals surface area contributed by atoms with Gasteiger partial charge in [0.2, 0.25) is 5.13 Å². The number of benzene rings is 2. The average molecular weight is 513 g/mol. The lowest BCUT2D eigenvalue weighted by Crippen LogP contribution is -2.23. The van der Waals surface area contributed by atoms with Crippen molar-refractivity contribution in [2.45, 2.75) is 0 Å². The molecule has 0 aliphatic rings. The number of non-ortho nitro benzene ring substituents is 1. The molecule has 0 aliphatic heterocycles. The molecule has 0 spiro atoms. The second-order valence-electron chi connectivity index (χ2n) is 6.20. The van der Waals surface area contributed by atoms with Crippen molar-refractivity contribution in [1.82, 2.24) is 4.98 Å². The van der Waals surface area contributed by atoms with Crippen molar-refractivity contribution < 1.29 is 9.72 Å². The number of fused-ring (bicyclic) bond motifs is 1. The smallest absolute Gasteiger partial charge is 0.267 e. The predicted octanol–water partition coefficient (Wildman–Crippen LogP) is 6.11. The lowest BCUT2D eigenvalue weighted by Gasteiger charge is -2.10. The number of thiophene rings is 1. The zero-order valence-electron chi connectivity index (χ0n) is 15.7. The summed E-state index contributed by atoms with van der Waals surface area (Å²) in [6.45, 7) is 0. The van der Waals surface area contributed by atoms with Crippen LogP contribution in [-0.2, 0) is 4.79 Å². The minimum absolute atomic E-state index is 0.00807. The number of aromatic nitrogens is 1. The van der Waals surface area contributed by atoms with Crippen LogP contribution in [0.5, 0.6) is 0 Å². The van der Waals surface area contributed by atoms with Gasteiger partial charge in [-0.3, -0.25) is 14.9 Å². The van der Waals surface area contributed by atoms with Crippen LogP contribution in [0.1, 0.15) is 10.4 Å². The summed E-state index contributed by atoms with van der Waals surface area (Å²) in [7, 11) is 0. The van der Waals surface area contributed by atoms with E-state index in [0.717, 1.165) is 19.6 Å². The molecule has 0 bridgehead atoms. The van der Waals surface area contributed by atoms with Gasteiger partial charge in [0.15, 0.2) is 0 Å². The van der Waals surface area contributed by atoms with Crippen molar-refractivity contribution in [3.63, 3.8) is 0 Å². The molecule has 1 amide bonds. The van der Waals surface area contributed by atoms with Gasteiger partial charge in [-0.25, -0.2) is 4.98 Å². The molecule has 4 aromatic rings. The summed E-state index contributed by atoms with van der Waals surface area (Å²) < 4.78 is 1.85. The molecular formula is C21H13BrN4O3S2. The van der Waals surface area contributed by atoms with E-state index < -0.39 is 4.92 Å². The first-order valence-corrected chi connectivity index (χ1v) is 11.4. The number of hydrogen-bond acceptors (Lipinski definition) is 7. The maximum absolute atomic E-state index is 13.0. The average Bonchev–Trinajstić information content (AvgIpc) is 3.42. The molecule has 2 heterocycles. The Morgan fingerprint density at radius 1 is 1.19 bits per heavy atom. The lowest BCUT2D eigenvalue weighted by molar-refractivity contribution is -0.384. The van der Waals surface area contributed by atoms with Crippen LogP contribution >= 0.6 is 38.6 Å². The summed E-state index contributed by atoms with van der Waals surface area (Å²) >= 11 is 6.31. The quantitative estimate of drug-likeness (QED) is 0.135. The van der Waals surface area contributed by atoms with Gasteiger partial charge in [0.1, 0.15) is 0 Å². The largest absolute Gasteiger partial charge is 0.273 e. The number of rotatable bonds is 6. The van der Waals surface area contributed by atoms with E-state index in [4.69, 9.17) is 0 Å². The van der Waals surface area contributed by atoms with Crippen LogP contribution < -0.4 is 5.01 Å². The predicted molar refractivity (Wildman–Crippen MR) is 129 cm³/mol. The number of thiazole rings is 1. The van der Waals surface area contributed by atoms with Crippen molar-refractivity contribution >= 4 is 77.8 Å². The van der Waals surface area contributed by atoms with Crippen molar-refractivity contribution in [1.29, 1.82) is 0 Å². The molecule has 0 N–H and O–H groups in total. The van der Waals surface area contributed by atoms with Gasteiger partial charge in [0.05, 0.1) is 21.4 Å². The van der Waals surface area contributed by atoms with Crippen LogP contribution in [-0.4, -0.2) is 22.0 Å². The molecule has 4 rings (SSSR count). The van der Waals surface area contributed by atoms with Crippen LogP contribution in [0.3, 0.4) is 0 Å². The minimum atomic E-state index is -0.467. The summed E-state index contributed by atoms with van der Waals surface area (Å²) in [6.07, 6.45) is 4.57. The molecule has 7 nitrogen and oxygen atoms in total. The standard InChI is InChI=1S/C21H13BrN4O3S2/c22-15-6-9-18-19(12-15)31-21(24-18)25(23-13-17-2-1-11-30-17)20(27)10-5-14-3-7-16(8-4-14)26(28)29/h1-13H/b10-5+,23-13+. The highest BCUT2D eigenvalue weighted by molar-refractivity contribution is 9.10. The Balaban J connectivity index is 1.63. The maximum atomic E-state index is 13.0. The number of nitrogens with zero attached hydrogens (tertiary/aromatic N) is 4. The maximum Gasteiger partial charge on any atom is 0.273 e. The molecule has 0 atom stereocenters. The van der Waals surface area contributed by atoms with E-state index in [0.29, 0.717) is 10.7 Å². The summed E-state index contributed by atoms with van der Waals surface area (Å²) in [5.74, 6) is -0.385. The van der Waals surface area contributed by atoms with E-state index in [2.05, 4.69) is 26.0 Å². The highest BCUT2D eigenvalue weighted by Crippen LogP contribution is 2.31. The topological polar surface area (TPSA) is 88.7 Å². The van der Waals surface area contributed by atoms with Gasteiger partial charge in [-0.2, -0.15) is 10.1 Å². The number of carbonyl (C=O) groups is 1. The van der Waals surface area contributed by atoms with Crippen LogP contribution in [0, 0.1) is 10.1 Å².